The van der Waals surface area contributed by atoms with Crippen molar-refractivity contribution in [2.24, 2.45) is 0 Å². The maximum absolute atomic E-state index is 14.2. The molecule has 1 aliphatic heterocycles. The lowest BCUT2D eigenvalue weighted by Crippen LogP contribution is -2.46. The van der Waals surface area contributed by atoms with Gasteiger partial charge in [0, 0.05) is 25.2 Å². The summed E-state index contributed by atoms with van der Waals surface area (Å²) in [7, 11) is 0. The molecule has 0 bridgehead atoms. The Morgan fingerprint density at radius 2 is 2.04 bits per heavy atom. The molecule has 0 aromatic heterocycles. The Hall–Kier alpha value is -1.95. The average molecular weight is 321 g/mol. The van der Waals surface area contributed by atoms with Gasteiger partial charge in [-0.15, -0.1) is 0 Å². The number of benzene rings is 1. The van der Waals surface area contributed by atoms with Crippen LogP contribution in [0.15, 0.2) is 18.2 Å². The first-order valence-corrected chi connectivity index (χ1v) is 8.11. The number of nitrogens with zero attached hydrogens (tertiary/aromatic N) is 1. The molecule has 0 radical (unpaired) electrons. The monoisotopic (exact) mass is 321 g/mol. The van der Waals surface area contributed by atoms with Gasteiger partial charge < -0.3 is 15.5 Å². The molecule has 2 amide bonds. The zero-order valence-electron chi connectivity index (χ0n) is 13.7. The number of carbonyl (C=O) groups excluding carboxylic acids is 2. The van der Waals surface area contributed by atoms with Crippen LogP contribution in [0, 0.1) is 5.82 Å². The number of anilines is 1. The summed E-state index contributed by atoms with van der Waals surface area (Å²) in [5.41, 5.74) is 0.451. The van der Waals surface area contributed by atoms with E-state index in [1.54, 1.807) is 4.90 Å². The van der Waals surface area contributed by atoms with Gasteiger partial charge in [-0.25, -0.2) is 4.39 Å². The van der Waals surface area contributed by atoms with Crippen LogP contribution in [0.4, 0.5) is 10.1 Å². The number of carbonyl (C=O) groups is 2. The van der Waals surface area contributed by atoms with Crippen molar-refractivity contribution in [3.63, 3.8) is 0 Å². The molecule has 0 aliphatic carbocycles. The fourth-order valence-corrected chi connectivity index (χ4v) is 2.93. The first kappa shape index (κ1) is 17.4. The lowest BCUT2D eigenvalue weighted by atomic mass is 10.0. The summed E-state index contributed by atoms with van der Waals surface area (Å²) < 4.78 is 14.2. The molecule has 23 heavy (non-hydrogen) atoms. The molecule has 1 fully saturated rings. The number of nitrogens with one attached hydrogen (secondary N) is 2. The molecule has 1 saturated heterocycles. The van der Waals surface area contributed by atoms with Gasteiger partial charge in [-0.2, -0.15) is 0 Å². The van der Waals surface area contributed by atoms with Crippen molar-refractivity contribution < 1.29 is 14.0 Å². The van der Waals surface area contributed by atoms with Gasteiger partial charge in [-0.3, -0.25) is 9.59 Å². The van der Waals surface area contributed by atoms with E-state index < -0.39 is 5.82 Å². The summed E-state index contributed by atoms with van der Waals surface area (Å²) in [6, 6.07) is 4.24. The molecule has 1 aliphatic rings. The Morgan fingerprint density at radius 1 is 1.35 bits per heavy atom. The zero-order valence-corrected chi connectivity index (χ0v) is 13.7. The molecule has 6 heteroatoms. The highest BCUT2D eigenvalue weighted by atomic mass is 19.1. The molecular weight excluding hydrogens is 297 g/mol. The van der Waals surface area contributed by atoms with E-state index in [4.69, 9.17) is 0 Å². The lowest BCUT2D eigenvalue weighted by molar-refractivity contribution is -0.114. The summed E-state index contributed by atoms with van der Waals surface area (Å²) in [4.78, 5) is 25.8. The van der Waals surface area contributed by atoms with Crippen molar-refractivity contribution in [2.75, 3.05) is 25.0 Å². The van der Waals surface area contributed by atoms with Crippen molar-refractivity contribution in [2.45, 2.75) is 39.2 Å². The van der Waals surface area contributed by atoms with E-state index in [0.717, 1.165) is 32.4 Å². The van der Waals surface area contributed by atoms with Crippen LogP contribution in [0.5, 0.6) is 0 Å². The Morgan fingerprint density at radius 3 is 2.65 bits per heavy atom. The molecule has 1 aromatic rings. The van der Waals surface area contributed by atoms with Crippen molar-refractivity contribution in [1.82, 2.24) is 10.2 Å². The number of piperidine rings is 1. The fraction of sp³-hybridized carbons (Fsp3) is 0.529. The lowest BCUT2D eigenvalue weighted by Gasteiger charge is -2.34. The molecule has 5 nitrogen and oxygen atoms in total. The van der Waals surface area contributed by atoms with Gasteiger partial charge in [0.2, 0.25) is 5.91 Å². The predicted octanol–water partition coefficient (Wildman–Crippen LogP) is 2.39. The third-order valence-corrected chi connectivity index (χ3v) is 3.99. The van der Waals surface area contributed by atoms with Crippen LogP contribution in [-0.4, -0.2) is 42.4 Å². The normalized spacial score (nSPS) is 15.3. The van der Waals surface area contributed by atoms with Crippen LogP contribution >= 0.6 is 0 Å². The largest absolute Gasteiger partial charge is 0.335 e. The van der Waals surface area contributed by atoms with Crippen molar-refractivity contribution >= 4 is 17.5 Å². The zero-order chi connectivity index (χ0) is 16.8. The van der Waals surface area contributed by atoms with Crippen LogP contribution in [0.25, 0.3) is 0 Å². The van der Waals surface area contributed by atoms with Crippen LogP contribution in [0.2, 0.25) is 0 Å². The Kier molecular flexibility index (Phi) is 6.10. The summed E-state index contributed by atoms with van der Waals surface area (Å²) in [5.74, 6) is -1.11. The molecule has 126 valence electrons. The van der Waals surface area contributed by atoms with Crippen LogP contribution in [-0.2, 0) is 4.79 Å². The molecular formula is C17H24FN3O2. The molecule has 0 unspecified atom stereocenters. The summed E-state index contributed by atoms with van der Waals surface area (Å²) in [5, 5.41) is 5.86. The number of halogens is 1. The second kappa shape index (κ2) is 8.06. The van der Waals surface area contributed by atoms with Gasteiger partial charge in [0.1, 0.15) is 5.82 Å². The minimum absolute atomic E-state index is 0.0169. The smallest absolute Gasteiger partial charge is 0.257 e. The van der Waals surface area contributed by atoms with Gasteiger partial charge >= 0.3 is 0 Å². The van der Waals surface area contributed by atoms with Gasteiger partial charge in [0.05, 0.1) is 5.56 Å². The number of rotatable bonds is 5. The molecule has 2 rings (SSSR count). The Balaban J connectivity index is 2.25. The average Bonchev–Trinajstić information content (AvgIpc) is 2.54. The highest BCUT2D eigenvalue weighted by Gasteiger charge is 2.27. The van der Waals surface area contributed by atoms with Crippen LogP contribution < -0.4 is 10.6 Å². The highest BCUT2D eigenvalue weighted by molar-refractivity contribution is 5.97. The molecule has 1 aromatic carbocycles. The van der Waals surface area contributed by atoms with Gasteiger partial charge in [-0.1, -0.05) is 6.92 Å². The summed E-state index contributed by atoms with van der Waals surface area (Å²) in [6.07, 6.45) is 2.57. The van der Waals surface area contributed by atoms with Crippen molar-refractivity contribution in [3.8, 4) is 0 Å². The second-order valence-corrected chi connectivity index (χ2v) is 5.86. The van der Waals surface area contributed by atoms with E-state index in [9.17, 15) is 14.0 Å². The van der Waals surface area contributed by atoms with Crippen LogP contribution in [0.1, 0.15) is 43.5 Å². The maximum atomic E-state index is 14.2. The van der Waals surface area contributed by atoms with Gasteiger partial charge in [-0.05, 0) is 50.6 Å². The molecule has 2 N–H and O–H groups in total. The maximum Gasteiger partial charge on any atom is 0.257 e. The Labute approximate surface area is 136 Å². The van der Waals surface area contributed by atoms with E-state index in [1.807, 2.05) is 6.92 Å². The standard InChI is InChI=1S/C17H24FN3O2/c1-3-10-21(14-6-8-19-9-7-14)17(23)15-11-13(20-12(2)22)4-5-16(15)18/h4-5,11,14,19H,3,6-10H2,1-2H3,(H,20,22). The topological polar surface area (TPSA) is 61.4 Å². The van der Waals surface area contributed by atoms with E-state index in [-0.39, 0.29) is 23.4 Å². The SMILES string of the molecule is CCCN(C(=O)c1cc(NC(C)=O)ccc1F)C1CCNCC1. The number of hydrogen-bond donors (Lipinski definition) is 2. The fourth-order valence-electron chi connectivity index (χ4n) is 2.93. The first-order chi connectivity index (χ1) is 11.0. The van der Waals surface area contributed by atoms with Gasteiger partial charge in [0.15, 0.2) is 0 Å². The minimum Gasteiger partial charge on any atom is -0.335 e. The third kappa shape index (κ3) is 4.51. The number of hydrogen-bond acceptors (Lipinski definition) is 3. The first-order valence-electron chi connectivity index (χ1n) is 8.11. The molecule has 0 spiro atoms. The summed E-state index contributed by atoms with van der Waals surface area (Å²) >= 11 is 0. The molecule has 1 heterocycles. The highest BCUT2D eigenvalue weighted by Crippen LogP contribution is 2.21. The molecule has 0 atom stereocenters. The van der Waals surface area contributed by atoms with E-state index in [2.05, 4.69) is 10.6 Å². The molecule has 0 saturated carbocycles. The third-order valence-electron chi connectivity index (χ3n) is 3.99. The number of amides is 2. The van der Waals surface area contributed by atoms with Crippen LogP contribution in [0.3, 0.4) is 0 Å². The second-order valence-electron chi connectivity index (χ2n) is 5.86. The quantitative estimate of drug-likeness (QED) is 0.875. The van der Waals surface area contributed by atoms with E-state index in [0.29, 0.717) is 12.2 Å². The van der Waals surface area contributed by atoms with Gasteiger partial charge in [0.25, 0.3) is 5.91 Å². The van der Waals surface area contributed by atoms with Crippen molar-refractivity contribution in [3.05, 3.63) is 29.6 Å². The predicted molar refractivity (Wildman–Crippen MR) is 87.9 cm³/mol. The van der Waals surface area contributed by atoms with Crippen molar-refractivity contribution in [1.29, 1.82) is 0 Å². The van der Waals surface area contributed by atoms with E-state index in [1.165, 1.54) is 25.1 Å². The van der Waals surface area contributed by atoms with E-state index >= 15 is 0 Å². The Bertz CT molecular complexity index is 571. The summed E-state index contributed by atoms with van der Waals surface area (Å²) in [6.45, 7) is 5.72. The minimum atomic E-state index is -0.556.